The lowest BCUT2D eigenvalue weighted by atomic mass is 10.1. The Labute approximate surface area is 174 Å². The molecule has 0 unspecified atom stereocenters. The van der Waals surface area contributed by atoms with Gasteiger partial charge in [-0.3, -0.25) is 14.2 Å². The number of hydrogen-bond donors (Lipinski definition) is 1. The van der Waals surface area contributed by atoms with E-state index in [0.29, 0.717) is 10.2 Å². The average molecular weight is 428 g/mol. The van der Waals surface area contributed by atoms with E-state index in [4.69, 9.17) is 0 Å². The fraction of sp³-hybridized carbons (Fsp3) is 0.190. The summed E-state index contributed by atoms with van der Waals surface area (Å²) in [6, 6.07) is 9.43. The van der Waals surface area contributed by atoms with Crippen molar-refractivity contribution < 1.29 is 9.18 Å². The molecular weight excluding hydrogens is 409 g/mol. The SMILES string of the molecule is Cc1sc2ncn(CC(=O)N[C@@H](c3ccc(F)cc3)c3cccs3)c(=O)c2c1C. The van der Waals surface area contributed by atoms with Crippen LogP contribution in [0.1, 0.15) is 26.9 Å². The third kappa shape index (κ3) is 3.86. The van der Waals surface area contributed by atoms with Gasteiger partial charge >= 0.3 is 0 Å². The van der Waals surface area contributed by atoms with Crippen molar-refractivity contribution >= 4 is 38.8 Å². The Bertz CT molecular complexity index is 1230. The summed E-state index contributed by atoms with van der Waals surface area (Å²) in [5.74, 6) is -0.655. The second-order valence-electron chi connectivity index (χ2n) is 6.71. The second kappa shape index (κ2) is 7.88. The van der Waals surface area contributed by atoms with Crippen molar-refractivity contribution in [2.75, 3.05) is 0 Å². The highest BCUT2D eigenvalue weighted by Crippen LogP contribution is 2.27. The summed E-state index contributed by atoms with van der Waals surface area (Å²) in [7, 11) is 0. The zero-order chi connectivity index (χ0) is 20.5. The summed E-state index contributed by atoms with van der Waals surface area (Å²) in [5.41, 5.74) is 1.45. The van der Waals surface area contributed by atoms with Crippen LogP contribution in [0.15, 0.2) is 52.9 Å². The summed E-state index contributed by atoms with van der Waals surface area (Å²) in [4.78, 5) is 32.6. The second-order valence-corrected chi connectivity index (χ2v) is 8.89. The highest BCUT2D eigenvalue weighted by atomic mass is 32.1. The number of thiophene rings is 2. The van der Waals surface area contributed by atoms with E-state index in [9.17, 15) is 14.0 Å². The number of fused-ring (bicyclic) bond motifs is 1. The largest absolute Gasteiger partial charge is 0.343 e. The molecule has 1 amide bonds. The maximum absolute atomic E-state index is 13.3. The van der Waals surface area contributed by atoms with Crippen LogP contribution in [0.25, 0.3) is 10.2 Å². The summed E-state index contributed by atoms with van der Waals surface area (Å²) in [5, 5.41) is 5.45. The maximum Gasteiger partial charge on any atom is 0.262 e. The smallest absolute Gasteiger partial charge is 0.262 e. The molecule has 1 N–H and O–H groups in total. The number of carbonyl (C=O) groups is 1. The van der Waals surface area contributed by atoms with Crippen LogP contribution in [0.4, 0.5) is 4.39 Å². The molecule has 0 fully saturated rings. The van der Waals surface area contributed by atoms with E-state index < -0.39 is 6.04 Å². The Morgan fingerprint density at radius 1 is 1.24 bits per heavy atom. The van der Waals surface area contributed by atoms with Gasteiger partial charge in [-0.15, -0.1) is 22.7 Å². The molecule has 8 heteroatoms. The Kier molecular flexibility index (Phi) is 5.29. The van der Waals surface area contributed by atoms with Crippen LogP contribution in [-0.2, 0) is 11.3 Å². The van der Waals surface area contributed by atoms with Crippen molar-refractivity contribution in [3.8, 4) is 0 Å². The Morgan fingerprint density at radius 3 is 2.69 bits per heavy atom. The Balaban J connectivity index is 1.61. The lowest BCUT2D eigenvalue weighted by Gasteiger charge is -2.18. The maximum atomic E-state index is 13.3. The Morgan fingerprint density at radius 2 is 2.00 bits per heavy atom. The Hall–Kier alpha value is -2.84. The molecule has 1 aromatic carbocycles. The van der Waals surface area contributed by atoms with Gasteiger partial charge in [0.15, 0.2) is 0 Å². The first-order valence-corrected chi connectivity index (χ1v) is 10.7. The normalized spacial score (nSPS) is 12.2. The number of benzene rings is 1. The number of amides is 1. The number of aromatic nitrogens is 2. The number of carbonyl (C=O) groups excluding carboxylic acids is 1. The minimum absolute atomic E-state index is 0.140. The average Bonchev–Trinajstić information content (AvgIpc) is 3.32. The van der Waals surface area contributed by atoms with Gasteiger partial charge in [0.05, 0.1) is 17.8 Å². The third-order valence-corrected chi connectivity index (χ3v) is 6.86. The molecule has 29 heavy (non-hydrogen) atoms. The van der Waals surface area contributed by atoms with Crippen LogP contribution in [0.5, 0.6) is 0 Å². The van der Waals surface area contributed by atoms with E-state index >= 15 is 0 Å². The monoisotopic (exact) mass is 427 g/mol. The fourth-order valence-electron chi connectivity index (χ4n) is 3.17. The number of hydrogen-bond acceptors (Lipinski definition) is 5. The molecule has 0 spiro atoms. The molecule has 5 nitrogen and oxygen atoms in total. The molecule has 4 aromatic rings. The number of halogens is 1. The quantitative estimate of drug-likeness (QED) is 0.520. The van der Waals surface area contributed by atoms with Gasteiger partial charge in [-0.05, 0) is 48.6 Å². The van der Waals surface area contributed by atoms with Crippen molar-refractivity contribution in [1.29, 1.82) is 0 Å². The van der Waals surface area contributed by atoms with Gasteiger partial charge in [0.25, 0.3) is 5.56 Å². The summed E-state index contributed by atoms with van der Waals surface area (Å²) in [6.45, 7) is 3.70. The van der Waals surface area contributed by atoms with Gasteiger partial charge in [-0.1, -0.05) is 18.2 Å². The van der Waals surface area contributed by atoms with Crippen molar-refractivity contribution in [2.24, 2.45) is 0 Å². The van der Waals surface area contributed by atoms with Crippen LogP contribution in [-0.4, -0.2) is 15.5 Å². The minimum atomic E-state index is -0.416. The molecule has 0 aliphatic heterocycles. The van der Waals surface area contributed by atoms with Crippen molar-refractivity contribution in [3.05, 3.63) is 85.2 Å². The first-order valence-electron chi connectivity index (χ1n) is 8.97. The van der Waals surface area contributed by atoms with Crippen LogP contribution >= 0.6 is 22.7 Å². The lowest BCUT2D eigenvalue weighted by Crippen LogP contribution is -2.35. The summed E-state index contributed by atoms with van der Waals surface area (Å²) < 4.78 is 14.6. The van der Waals surface area contributed by atoms with Crippen molar-refractivity contribution in [3.63, 3.8) is 0 Å². The molecule has 4 rings (SSSR count). The van der Waals surface area contributed by atoms with Gasteiger partial charge < -0.3 is 5.32 Å². The van der Waals surface area contributed by atoms with E-state index in [2.05, 4.69) is 10.3 Å². The molecular formula is C21H18FN3O2S2. The zero-order valence-electron chi connectivity index (χ0n) is 15.8. The molecule has 148 valence electrons. The molecule has 0 saturated carbocycles. The lowest BCUT2D eigenvalue weighted by molar-refractivity contribution is -0.122. The molecule has 0 radical (unpaired) electrons. The number of nitrogens with one attached hydrogen (secondary N) is 1. The number of nitrogens with zero attached hydrogens (tertiary/aromatic N) is 2. The van der Waals surface area contributed by atoms with Crippen LogP contribution < -0.4 is 10.9 Å². The topological polar surface area (TPSA) is 64.0 Å². The molecule has 3 aromatic heterocycles. The van der Waals surface area contributed by atoms with E-state index in [1.54, 1.807) is 12.1 Å². The van der Waals surface area contributed by atoms with Crippen molar-refractivity contribution in [1.82, 2.24) is 14.9 Å². The molecule has 0 bridgehead atoms. The first kappa shape index (κ1) is 19.5. The predicted octanol–water partition coefficient (Wildman–Crippen LogP) is 4.18. The molecule has 1 atom stereocenters. The molecule has 0 saturated heterocycles. The summed E-state index contributed by atoms with van der Waals surface area (Å²) >= 11 is 2.97. The standard InChI is InChI=1S/C21H18FN3O2S2/c1-12-13(2)29-20-18(12)21(27)25(11-23-20)10-17(26)24-19(16-4-3-9-28-16)14-5-7-15(22)8-6-14/h3-9,11,19H,10H2,1-2H3,(H,24,26)/t19-/m0/s1. The van der Waals surface area contributed by atoms with Crippen molar-refractivity contribution in [2.45, 2.75) is 26.4 Å². The van der Waals surface area contributed by atoms with Gasteiger partial charge in [-0.2, -0.15) is 0 Å². The minimum Gasteiger partial charge on any atom is -0.343 e. The molecule has 0 aliphatic carbocycles. The fourth-order valence-corrected chi connectivity index (χ4v) is 4.96. The molecule has 0 aliphatic rings. The van der Waals surface area contributed by atoms with E-state index in [1.807, 2.05) is 31.4 Å². The summed E-state index contributed by atoms with van der Waals surface area (Å²) in [6.07, 6.45) is 1.41. The van der Waals surface area contributed by atoms with Gasteiger partial charge in [0, 0.05) is 9.75 Å². The number of aryl methyl sites for hydroxylation is 2. The van der Waals surface area contributed by atoms with Gasteiger partial charge in [0.2, 0.25) is 5.91 Å². The van der Waals surface area contributed by atoms with Gasteiger partial charge in [-0.25, -0.2) is 9.37 Å². The predicted molar refractivity (Wildman–Crippen MR) is 114 cm³/mol. The van der Waals surface area contributed by atoms with Gasteiger partial charge in [0.1, 0.15) is 17.2 Å². The van der Waals surface area contributed by atoms with Crippen LogP contribution in [0, 0.1) is 19.7 Å². The first-order chi connectivity index (χ1) is 13.9. The van der Waals surface area contributed by atoms with E-state index in [1.165, 1.54) is 45.7 Å². The molecule has 3 heterocycles. The van der Waals surface area contributed by atoms with Crippen LogP contribution in [0.3, 0.4) is 0 Å². The van der Waals surface area contributed by atoms with E-state index in [0.717, 1.165) is 20.9 Å². The zero-order valence-corrected chi connectivity index (χ0v) is 17.4. The highest BCUT2D eigenvalue weighted by Gasteiger charge is 2.19. The van der Waals surface area contributed by atoms with E-state index in [-0.39, 0.29) is 23.8 Å². The number of rotatable bonds is 5. The van der Waals surface area contributed by atoms with Crippen LogP contribution in [0.2, 0.25) is 0 Å². The third-order valence-electron chi connectivity index (χ3n) is 4.81. The highest BCUT2D eigenvalue weighted by molar-refractivity contribution is 7.18.